The van der Waals surface area contributed by atoms with Crippen molar-refractivity contribution in [2.45, 2.75) is 11.8 Å². The second-order valence-electron chi connectivity index (χ2n) is 5.25. The molecule has 7 heteroatoms. The molecule has 128 valence electrons. The lowest BCUT2D eigenvalue weighted by molar-refractivity contribution is 0.103. The van der Waals surface area contributed by atoms with E-state index in [1.54, 1.807) is 30.8 Å². The number of nitrogens with one attached hydrogen (secondary N) is 2. The van der Waals surface area contributed by atoms with Crippen molar-refractivity contribution in [3.63, 3.8) is 0 Å². The summed E-state index contributed by atoms with van der Waals surface area (Å²) in [5.41, 5.74) is 1.96. The van der Waals surface area contributed by atoms with Gasteiger partial charge in [-0.25, -0.2) is 9.37 Å². The molecule has 2 aromatic carbocycles. The minimum atomic E-state index is -0.329. The van der Waals surface area contributed by atoms with Gasteiger partial charge in [-0.05, 0) is 49.6 Å². The van der Waals surface area contributed by atoms with Gasteiger partial charge >= 0.3 is 0 Å². The molecule has 0 saturated carbocycles. The zero-order chi connectivity index (χ0) is 17.8. The van der Waals surface area contributed by atoms with E-state index in [9.17, 15) is 9.18 Å². The Morgan fingerprint density at radius 2 is 1.92 bits per heavy atom. The fourth-order valence-corrected chi connectivity index (χ4v) is 3.58. The standard InChI is InChI=1S/C18H16FN3OS2/c1-11-16(17(23)21-14-7-4-8-15(10-14)24-2)25-18(20-11)22-13-6-3-5-12(19)9-13/h3-10H,1-2H3,(H,20,22)(H,21,23). The van der Waals surface area contributed by atoms with Crippen LogP contribution in [0.2, 0.25) is 0 Å². The minimum absolute atomic E-state index is 0.208. The van der Waals surface area contributed by atoms with Crippen LogP contribution in [0.15, 0.2) is 53.4 Å². The third kappa shape index (κ3) is 4.37. The highest BCUT2D eigenvalue weighted by atomic mass is 32.2. The van der Waals surface area contributed by atoms with Crippen LogP contribution in [0.1, 0.15) is 15.4 Å². The SMILES string of the molecule is CSc1cccc(NC(=O)c2sc(Nc3cccc(F)c3)nc2C)c1. The van der Waals surface area contributed by atoms with Crippen molar-refractivity contribution in [2.75, 3.05) is 16.9 Å². The summed E-state index contributed by atoms with van der Waals surface area (Å²) in [6.45, 7) is 1.78. The van der Waals surface area contributed by atoms with Gasteiger partial charge in [0.2, 0.25) is 0 Å². The summed E-state index contributed by atoms with van der Waals surface area (Å²) < 4.78 is 13.3. The molecule has 0 fully saturated rings. The molecule has 0 bridgehead atoms. The molecule has 0 atom stereocenters. The van der Waals surface area contributed by atoms with E-state index >= 15 is 0 Å². The van der Waals surface area contributed by atoms with Crippen molar-refractivity contribution in [1.82, 2.24) is 4.98 Å². The Hall–Kier alpha value is -2.38. The van der Waals surface area contributed by atoms with E-state index in [1.807, 2.05) is 30.5 Å². The summed E-state index contributed by atoms with van der Waals surface area (Å²) in [4.78, 5) is 18.5. The van der Waals surface area contributed by atoms with Crippen LogP contribution in [-0.4, -0.2) is 17.1 Å². The Balaban J connectivity index is 1.76. The first-order chi connectivity index (χ1) is 12.0. The van der Waals surface area contributed by atoms with Crippen molar-refractivity contribution in [3.8, 4) is 0 Å². The van der Waals surface area contributed by atoms with Gasteiger partial charge in [0.05, 0.1) is 5.69 Å². The van der Waals surface area contributed by atoms with Gasteiger partial charge in [-0.3, -0.25) is 4.79 Å². The molecule has 3 rings (SSSR count). The number of carbonyl (C=O) groups excluding carboxylic acids is 1. The number of thioether (sulfide) groups is 1. The number of anilines is 3. The lowest BCUT2D eigenvalue weighted by atomic mass is 10.3. The molecule has 2 N–H and O–H groups in total. The Bertz CT molecular complexity index is 911. The molecule has 0 aliphatic heterocycles. The number of nitrogens with zero attached hydrogens (tertiary/aromatic N) is 1. The number of amides is 1. The van der Waals surface area contributed by atoms with Gasteiger partial charge in [0.1, 0.15) is 10.7 Å². The molecule has 0 aliphatic carbocycles. The first-order valence-corrected chi connectivity index (χ1v) is 9.54. The molecule has 1 heterocycles. The Kier molecular flexibility index (Phi) is 5.35. The van der Waals surface area contributed by atoms with Crippen LogP contribution in [0.25, 0.3) is 0 Å². The maximum Gasteiger partial charge on any atom is 0.267 e. The quantitative estimate of drug-likeness (QED) is 0.595. The highest BCUT2D eigenvalue weighted by Gasteiger charge is 2.16. The summed E-state index contributed by atoms with van der Waals surface area (Å²) >= 11 is 2.85. The lowest BCUT2D eigenvalue weighted by Crippen LogP contribution is -2.11. The number of hydrogen-bond donors (Lipinski definition) is 2. The summed E-state index contributed by atoms with van der Waals surface area (Å²) in [5.74, 6) is -0.537. The van der Waals surface area contributed by atoms with Crippen molar-refractivity contribution < 1.29 is 9.18 Å². The minimum Gasteiger partial charge on any atom is -0.331 e. The largest absolute Gasteiger partial charge is 0.331 e. The van der Waals surface area contributed by atoms with E-state index in [2.05, 4.69) is 15.6 Å². The molecule has 4 nitrogen and oxygen atoms in total. The van der Waals surface area contributed by atoms with Gasteiger partial charge in [-0.1, -0.05) is 23.5 Å². The molecule has 3 aromatic rings. The van der Waals surface area contributed by atoms with Crippen LogP contribution in [0.4, 0.5) is 20.9 Å². The average molecular weight is 373 g/mol. The van der Waals surface area contributed by atoms with Crippen LogP contribution >= 0.6 is 23.1 Å². The van der Waals surface area contributed by atoms with E-state index in [4.69, 9.17) is 0 Å². The second-order valence-corrected chi connectivity index (χ2v) is 7.13. The highest BCUT2D eigenvalue weighted by molar-refractivity contribution is 7.98. The molecule has 0 unspecified atom stereocenters. The van der Waals surface area contributed by atoms with Gasteiger partial charge < -0.3 is 10.6 Å². The highest BCUT2D eigenvalue weighted by Crippen LogP contribution is 2.27. The first-order valence-electron chi connectivity index (χ1n) is 7.50. The summed E-state index contributed by atoms with van der Waals surface area (Å²) in [6, 6.07) is 13.8. The van der Waals surface area contributed by atoms with E-state index in [-0.39, 0.29) is 11.7 Å². The zero-order valence-corrected chi connectivity index (χ0v) is 15.3. The summed E-state index contributed by atoms with van der Waals surface area (Å²) in [5, 5.41) is 6.46. The number of benzene rings is 2. The fraction of sp³-hybridized carbons (Fsp3) is 0.111. The number of carbonyl (C=O) groups is 1. The second kappa shape index (κ2) is 7.67. The molecule has 0 aliphatic rings. The predicted octanol–water partition coefficient (Wildman–Crippen LogP) is 5.31. The molecule has 25 heavy (non-hydrogen) atoms. The van der Waals surface area contributed by atoms with Crippen LogP contribution < -0.4 is 10.6 Å². The Morgan fingerprint density at radius 1 is 1.16 bits per heavy atom. The van der Waals surface area contributed by atoms with Crippen molar-refractivity contribution in [2.24, 2.45) is 0 Å². The van der Waals surface area contributed by atoms with Gasteiger partial charge in [0.15, 0.2) is 5.13 Å². The maximum atomic E-state index is 13.3. The molecule has 0 spiro atoms. The van der Waals surface area contributed by atoms with Crippen LogP contribution in [-0.2, 0) is 0 Å². The maximum absolute atomic E-state index is 13.3. The van der Waals surface area contributed by atoms with Gasteiger partial charge in [-0.2, -0.15) is 0 Å². The first kappa shape index (κ1) is 17.4. The summed E-state index contributed by atoms with van der Waals surface area (Å²) in [6.07, 6.45) is 1.98. The Morgan fingerprint density at radius 3 is 2.68 bits per heavy atom. The van der Waals surface area contributed by atoms with Crippen LogP contribution in [0.3, 0.4) is 0 Å². The molecular formula is C18H16FN3OS2. The normalized spacial score (nSPS) is 10.5. The van der Waals surface area contributed by atoms with Crippen molar-refractivity contribution >= 4 is 45.5 Å². The van der Waals surface area contributed by atoms with Crippen molar-refractivity contribution in [3.05, 3.63) is 64.9 Å². The number of rotatable bonds is 5. The third-order valence-electron chi connectivity index (χ3n) is 3.41. The van der Waals surface area contributed by atoms with Gasteiger partial charge in [-0.15, -0.1) is 11.8 Å². The van der Waals surface area contributed by atoms with E-state index in [0.29, 0.717) is 21.4 Å². The summed E-state index contributed by atoms with van der Waals surface area (Å²) in [7, 11) is 0. The molecular weight excluding hydrogens is 357 g/mol. The third-order valence-corrected chi connectivity index (χ3v) is 5.20. The monoisotopic (exact) mass is 373 g/mol. The zero-order valence-electron chi connectivity index (χ0n) is 13.7. The smallest absolute Gasteiger partial charge is 0.267 e. The number of aryl methyl sites for hydroxylation is 1. The molecule has 1 aromatic heterocycles. The molecule has 1 amide bonds. The fourth-order valence-electron chi connectivity index (χ4n) is 2.24. The number of aromatic nitrogens is 1. The van der Waals surface area contributed by atoms with E-state index < -0.39 is 0 Å². The van der Waals surface area contributed by atoms with Gasteiger partial charge in [0.25, 0.3) is 5.91 Å². The topological polar surface area (TPSA) is 54.0 Å². The van der Waals surface area contributed by atoms with E-state index in [1.165, 1.54) is 23.5 Å². The van der Waals surface area contributed by atoms with Crippen LogP contribution in [0.5, 0.6) is 0 Å². The van der Waals surface area contributed by atoms with Crippen molar-refractivity contribution in [1.29, 1.82) is 0 Å². The van der Waals surface area contributed by atoms with E-state index in [0.717, 1.165) is 10.6 Å². The average Bonchev–Trinajstić information content (AvgIpc) is 2.95. The lowest BCUT2D eigenvalue weighted by Gasteiger charge is -2.05. The van der Waals surface area contributed by atoms with Gasteiger partial charge in [0, 0.05) is 16.3 Å². The number of hydrogen-bond acceptors (Lipinski definition) is 5. The number of halogens is 1. The number of thiazole rings is 1. The van der Waals surface area contributed by atoms with Crippen LogP contribution in [0, 0.1) is 12.7 Å². The molecule has 0 saturated heterocycles. The Labute approximate surface area is 153 Å². The predicted molar refractivity (Wildman–Crippen MR) is 103 cm³/mol. The molecule has 0 radical (unpaired) electrons.